The van der Waals surface area contributed by atoms with Crippen LogP contribution in [0.1, 0.15) is 43.9 Å². The monoisotopic (exact) mass is 370 g/mol. The van der Waals surface area contributed by atoms with Gasteiger partial charge >= 0.3 is 0 Å². The molecule has 26 heavy (non-hydrogen) atoms. The minimum Gasteiger partial charge on any atom is -0.455 e. The van der Waals surface area contributed by atoms with Crippen molar-refractivity contribution in [2.75, 3.05) is 0 Å². The van der Waals surface area contributed by atoms with Gasteiger partial charge in [-0.3, -0.25) is 4.79 Å². The molecule has 2 aliphatic rings. The lowest BCUT2D eigenvalue weighted by atomic mass is 9.90. The Labute approximate surface area is 158 Å². The molecule has 0 radical (unpaired) electrons. The molecule has 2 fully saturated rings. The van der Waals surface area contributed by atoms with Crippen LogP contribution in [0.25, 0.3) is 11.3 Å². The molecule has 0 bridgehead atoms. The fourth-order valence-corrected chi connectivity index (χ4v) is 4.58. The molecule has 0 unspecified atom stereocenters. The van der Waals surface area contributed by atoms with Gasteiger partial charge in [0.25, 0.3) is 0 Å². The Balaban J connectivity index is 1.38. The number of fused-ring (bicyclic) bond motifs is 1. The zero-order valence-corrected chi connectivity index (χ0v) is 15.8. The van der Waals surface area contributed by atoms with E-state index in [1.807, 2.05) is 37.3 Å². The number of hydrogen-bond donors (Lipinski definition) is 1. The summed E-state index contributed by atoms with van der Waals surface area (Å²) in [5.41, 5.74) is 4.83. The highest BCUT2D eigenvalue weighted by molar-refractivity contribution is 6.31. The van der Waals surface area contributed by atoms with Gasteiger partial charge < -0.3 is 4.42 Å². The largest absolute Gasteiger partial charge is 0.455 e. The first kappa shape index (κ1) is 17.3. The van der Waals surface area contributed by atoms with Gasteiger partial charge in [-0.25, -0.2) is 5.43 Å². The maximum atomic E-state index is 12.4. The van der Waals surface area contributed by atoms with Crippen LogP contribution in [0.15, 0.2) is 39.9 Å². The van der Waals surface area contributed by atoms with E-state index in [-0.39, 0.29) is 17.2 Å². The quantitative estimate of drug-likeness (QED) is 0.595. The zero-order valence-electron chi connectivity index (χ0n) is 15.1. The van der Waals surface area contributed by atoms with Gasteiger partial charge in [0, 0.05) is 16.5 Å². The van der Waals surface area contributed by atoms with E-state index in [4.69, 9.17) is 16.0 Å². The highest BCUT2D eigenvalue weighted by atomic mass is 35.5. The number of nitrogens with one attached hydrogen (secondary N) is 1. The molecule has 1 aromatic heterocycles. The molecule has 136 valence electrons. The summed E-state index contributed by atoms with van der Waals surface area (Å²) in [6.45, 7) is 4.20. The molecule has 2 aliphatic carbocycles. The Morgan fingerprint density at radius 2 is 2.19 bits per heavy atom. The first-order valence-corrected chi connectivity index (χ1v) is 9.56. The van der Waals surface area contributed by atoms with E-state index in [2.05, 4.69) is 17.5 Å². The molecule has 4 nitrogen and oxygen atoms in total. The molecule has 1 aromatic carbocycles. The summed E-state index contributed by atoms with van der Waals surface area (Å²) in [4.78, 5) is 12.4. The van der Waals surface area contributed by atoms with Crippen molar-refractivity contribution in [3.05, 3.63) is 46.7 Å². The van der Waals surface area contributed by atoms with Crippen molar-refractivity contribution >= 4 is 23.7 Å². The van der Waals surface area contributed by atoms with Crippen molar-refractivity contribution in [2.45, 2.75) is 39.5 Å². The predicted octanol–water partition coefficient (Wildman–Crippen LogP) is 5.18. The summed E-state index contributed by atoms with van der Waals surface area (Å²) in [5, 5.41) is 4.80. The molecule has 0 spiro atoms. The van der Waals surface area contributed by atoms with Crippen LogP contribution in [0.5, 0.6) is 0 Å². The van der Waals surface area contributed by atoms with E-state index in [1.165, 1.54) is 19.3 Å². The molecule has 3 atom stereocenters. The average molecular weight is 371 g/mol. The van der Waals surface area contributed by atoms with Crippen molar-refractivity contribution < 1.29 is 9.21 Å². The smallest absolute Gasteiger partial charge is 0.244 e. The van der Waals surface area contributed by atoms with Crippen LogP contribution in [-0.4, -0.2) is 12.1 Å². The summed E-state index contributed by atoms with van der Waals surface area (Å²) in [6, 6.07) is 9.52. The van der Waals surface area contributed by atoms with Gasteiger partial charge in [0.2, 0.25) is 5.91 Å². The summed E-state index contributed by atoms with van der Waals surface area (Å²) in [5.74, 6) is 2.00. The number of carbonyl (C=O) groups excluding carboxylic acids is 1. The fourth-order valence-electron chi connectivity index (χ4n) is 4.40. The number of furan rings is 1. The third-order valence-corrected chi connectivity index (χ3v) is 6.47. The highest BCUT2D eigenvalue weighted by Crippen LogP contribution is 2.66. The standard InChI is InChI=1S/C21H23ClN2O2/c1-13-6-7-14(11-17(13)22)18-9-8-15(26-18)12-23-24-20(25)19-16-5-3-4-10-21(16,19)2/h6-9,11-12,16,19H,3-5,10H2,1-2H3,(H,24,25)/b23-12-/t16-,19-,21-/m0/s1. The Kier molecular flexibility index (Phi) is 4.39. The minimum absolute atomic E-state index is 0.0349. The summed E-state index contributed by atoms with van der Waals surface area (Å²) < 4.78 is 5.78. The van der Waals surface area contributed by atoms with Crippen LogP contribution >= 0.6 is 11.6 Å². The van der Waals surface area contributed by atoms with Gasteiger partial charge in [-0.2, -0.15) is 5.10 Å². The normalized spacial score (nSPS) is 27.3. The molecule has 0 saturated heterocycles. The van der Waals surface area contributed by atoms with Gasteiger partial charge in [-0.15, -0.1) is 0 Å². The van der Waals surface area contributed by atoms with E-state index in [9.17, 15) is 4.79 Å². The lowest BCUT2D eigenvalue weighted by molar-refractivity contribution is -0.123. The van der Waals surface area contributed by atoms with Gasteiger partial charge in [-0.1, -0.05) is 43.5 Å². The summed E-state index contributed by atoms with van der Waals surface area (Å²) in [7, 11) is 0. The molecule has 5 heteroatoms. The van der Waals surface area contributed by atoms with E-state index in [0.29, 0.717) is 16.7 Å². The minimum atomic E-state index is 0.0349. The Morgan fingerprint density at radius 3 is 2.92 bits per heavy atom. The number of halogens is 1. The average Bonchev–Trinajstić information content (AvgIpc) is 2.98. The Bertz CT molecular complexity index is 873. The first-order valence-electron chi connectivity index (χ1n) is 9.18. The van der Waals surface area contributed by atoms with E-state index in [0.717, 1.165) is 23.3 Å². The van der Waals surface area contributed by atoms with Crippen molar-refractivity contribution in [3.8, 4) is 11.3 Å². The molecule has 1 N–H and O–H groups in total. The molecular formula is C21H23ClN2O2. The number of benzene rings is 1. The van der Waals surface area contributed by atoms with E-state index in [1.54, 1.807) is 6.21 Å². The molecule has 4 rings (SSSR count). The van der Waals surface area contributed by atoms with E-state index < -0.39 is 0 Å². The maximum Gasteiger partial charge on any atom is 0.244 e. The van der Waals surface area contributed by atoms with Crippen LogP contribution in [0.2, 0.25) is 5.02 Å². The maximum absolute atomic E-state index is 12.4. The second-order valence-corrected chi connectivity index (χ2v) is 8.14. The number of rotatable bonds is 4. The van der Waals surface area contributed by atoms with Gasteiger partial charge in [0.1, 0.15) is 11.5 Å². The number of carbonyl (C=O) groups is 1. The van der Waals surface area contributed by atoms with Crippen molar-refractivity contribution in [2.24, 2.45) is 22.4 Å². The topological polar surface area (TPSA) is 54.6 Å². The lowest BCUT2D eigenvalue weighted by Crippen LogP contribution is -2.22. The second kappa shape index (κ2) is 6.58. The van der Waals surface area contributed by atoms with Crippen LogP contribution < -0.4 is 5.43 Å². The third kappa shape index (κ3) is 3.07. The van der Waals surface area contributed by atoms with Crippen LogP contribution in [0, 0.1) is 24.2 Å². The lowest BCUT2D eigenvalue weighted by Gasteiger charge is -2.15. The van der Waals surface area contributed by atoms with Crippen molar-refractivity contribution in [1.29, 1.82) is 0 Å². The van der Waals surface area contributed by atoms with Gasteiger partial charge in [0.05, 0.1) is 6.21 Å². The van der Waals surface area contributed by atoms with Crippen molar-refractivity contribution in [3.63, 3.8) is 0 Å². The number of hydrazone groups is 1. The summed E-state index contributed by atoms with van der Waals surface area (Å²) in [6.07, 6.45) is 6.34. The number of hydrogen-bond acceptors (Lipinski definition) is 3. The van der Waals surface area contributed by atoms with Gasteiger partial charge in [-0.05, 0) is 54.9 Å². The van der Waals surface area contributed by atoms with Crippen molar-refractivity contribution in [1.82, 2.24) is 5.43 Å². The molecule has 0 aliphatic heterocycles. The van der Waals surface area contributed by atoms with Crippen LogP contribution in [0.3, 0.4) is 0 Å². The Morgan fingerprint density at radius 1 is 1.35 bits per heavy atom. The molecule has 1 amide bonds. The third-order valence-electron chi connectivity index (χ3n) is 6.06. The number of aryl methyl sites for hydroxylation is 1. The Hall–Kier alpha value is -2.07. The molecule has 2 aromatic rings. The fraction of sp³-hybridized carbons (Fsp3) is 0.429. The molecule has 2 saturated carbocycles. The van der Waals surface area contributed by atoms with Crippen LogP contribution in [-0.2, 0) is 4.79 Å². The van der Waals surface area contributed by atoms with Gasteiger partial charge in [0.15, 0.2) is 0 Å². The molecular weight excluding hydrogens is 348 g/mol. The number of nitrogens with zero attached hydrogens (tertiary/aromatic N) is 1. The van der Waals surface area contributed by atoms with Crippen LogP contribution in [0.4, 0.5) is 0 Å². The van der Waals surface area contributed by atoms with E-state index >= 15 is 0 Å². The summed E-state index contributed by atoms with van der Waals surface area (Å²) >= 11 is 6.17. The highest BCUT2D eigenvalue weighted by Gasteiger charge is 2.64. The SMILES string of the molecule is Cc1ccc(-c2ccc(/C=N\NC(=O)[C@@H]3[C@@H]4CCCC[C@]34C)o2)cc1Cl. The second-order valence-electron chi connectivity index (χ2n) is 7.74. The first-order chi connectivity index (χ1) is 12.5. The number of amides is 1. The predicted molar refractivity (Wildman–Crippen MR) is 103 cm³/mol. The molecule has 1 heterocycles. The zero-order chi connectivity index (χ0) is 18.3.